The zero-order valence-electron chi connectivity index (χ0n) is 22.3. The number of ether oxygens (including phenoxy) is 2. The van der Waals surface area contributed by atoms with E-state index in [-0.39, 0.29) is 43.8 Å². The van der Waals surface area contributed by atoms with Gasteiger partial charge in [0.2, 0.25) is 11.8 Å². The quantitative estimate of drug-likeness (QED) is 0.246. The summed E-state index contributed by atoms with van der Waals surface area (Å²) in [6.07, 6.45) is 6.78. The van der Waals surface area contributed by atoms with Gasteiger partial charge in [0, 0.05) is 43.4 Å². The van der Waals surface area contributed by atoms with Gasteiger partial charge in [0.1, 0.15) is 12.9 Å². The number of carbonyl (C=O) groups excluding carboxylic acids is 3. The molecule has 0 aromatic heterocycles. The van der Waals surface area contributed by atoms with Crippen LogP contribution < -0.4 is 9.47 Å². The van der Waals surface area contributed by atoms with Crippen molar-refractivity contribution in [3.8, 4) is 11.5 Å². The Balaban J connectivity index is 1.52. The Hall–Kier alpha value is -2.90. The second-order valence-electron chi connectivity index (χ2n) is 10.3. The first-order valence-electron chi connectivity index (χ1n) is 13.5. The third kappa shape index (κ3) is 6.94. The standard InChI is InChI=1S/C30H37ClN2O5/c1-21-7-9-24(25(31)17-21)26(13-15-34)32(19-22-5-3-4-6-22)20-23-8-10-27(28(18-23)37-2)38-16-14-33-29(35)11-12-30(33)36/h7-10,15,17-18,22,26H,3-6,11-14,16,19-20H2,1-2H3. The van der Waals surface area contributed by atoms with E-state index in [0.29, 0.717) is 35.4 Å². The fourth-order valence-corrected chi connectivity index (χ4v) is 5.94. The summed E-state index contributed by atoms with van der Waals surface area (Å²) >= 11 is 6.68. The molecule has 0 N–H and O–H groups in total. The molecule has 1 atom stereocenters. The summed E-state index contributed by atoms with van der Waals surface area (Å²) in [7, 11) is 1.59. The van der Waals surface area contributed by atoms with Crippen molar-refractivity contribution < 1.29 is 23.9 Å². The largest absolute Gasteiger partial charge is 0.493 e. The first-order chi connectivity index (χ1) is 18.4. The average Bonchev–Trinajstić information content (AvgIpc) is 3.53. The highest BCUT2D eigenvalue weighted by molar-refractivity contribution is 6.31. The van der Waals surface area contributed by atoms with Crippen molar-refractivity contribution in [2.75, 3.05) is 26.8 Å². The van der Waals surface area contributed by atoms with E-state index < -0.39 is 0 Å². The minimum absolute atomic E-state index is 0.126. The summed E-state index contributed by atoms with van der Waals surface area (Å²) in [4.78, 5) is 39.1. The van der Waals surface area contributed by atoms with Gasteiger partial charge < -0.3 is 14.3 Å². The van der Waals surface area contributed by atoms with E-state index in [1.807, 2.05) is 43.3 Å². The summed E-state index contributed by atoms with van der Waals surface area (Å²) in [5, 5.41) is 0.685. The van der Waals surface area contributed by atoms with E-state index in [1.165, 1.54) is 30.6 Å². The number of likely N-dealkylation sites (tertiary alicyclic amines) is 1. The molecule has 1 aliphatic carbocycles. The SMILES string of the molecule is COc1cc(CN(CC2CCCC2)C(CC=O)c2ccc(C)cc2Cl)ccc1OCCN1C(=O)CCC1=O. The number of imide groups is 1. The van der Waals surface area contributed by atoms with Crippen molar-refractivity contribution in [1.29, 1.82) is 0 Å². The Kier molecular flexibility index (Phi) is 9.80. The Bertz CT molecular complexity index is 1130. The molecule has 4 rings (SSSR count). The molecule has 0 bridgehead atoms. The number of aryl methyl sites for hydroxylation is 1. The molecule has 1 saturated carbocycles. The van der Waals surface area contributed by atoms with Crippen LogP contribution in [0.2, 0.25) is 5.02 Å². The van der Waals surface area contributed by atoms with Gasteiger partial charge in [-0.1, -0.05) is 42.6 Å². The number of hydrogen-bond acceptors (Lipinski definition) is 6. The van der Waals surface area contributed by atoms with Gasteiger partial charge in [-0.2, -0.15) is 0 Å². The second kappa shape index (κ2) is 13.3. The summed E-state index contributed by atoms with van der Waals surface area (Å²) in [5.74, 6) is 1.43. The van der Waals surface area contributed by atoms with Gasteiger partial charge in [0.05, 0.1) is 13.7 Å². The summed E-state index contributed by atoms with van der Waals surface area (Å²) in [5.41, 5.74) is 3.10. The fourth-order valence-electron chi connectivity index (χ4n) is 5.58. The Labute approximate surface area is 230 Å². The summed E-state index contributed by atoms with van der Waals surface area (Å²) in [6, 6.07) is 11.7. The van der Waals surface area contributed by atoms with E-state index in [2.05, 4.69) is 4.90 Å². The van der Waals surface area contributed by atoms with E-state index >= 15 is 0 Å². The lowest BCUT2D eigenvalue weighted by Gasteiger charge is -2.34. The topological polar surface area (TPSA) is 76.2 Å². The first kappa shape index (κ1) is 28.1. The van der Waals surface area contributed by atoms with Crippen LogP contribution in [0.4, 0.5) is 0 Å². The van der Waals surface area contributed by atoms with Crippen molar-refractivity contribution in [3.63, 3.8) is 0 Å². The smallest absolute Gasteiger partial charge is 0.229 e. The molecular weight excluding hydrogens is 504 g/mol. The van der Waals surface area contributed by atoms with Crippen molar-refractivity contribution in [2.24, 2.45) is 5.92 Å². The minimum atomic E-state index is -0.151. The van der Waals surface area contributed by atoms with E-state index in [9.17, 15) is 14.4 Å². The second-order valence-corrected chi connectivity index (χ2v) is 10.7. The maximum Gasteiger partial charge on any atom is 0.229 e. The van der Waals surface area contributed by atoms with Gasteiger partial charge in [-0.15, -0.1) is 0 Å². The van der Waals surface area contributed by atoms with E-state index in [4.69, 9.17) is 21.1 Å². The van der Waals surface area contributed by atoms with Crippen LogP contribution in [0, 0.1) is 12.8 Å². The van der Waals surface area contributed by atoms with Crippen LogP contribution in [0.3, 0.4) is 0 Å². The van der Waals surface area contributed by atoms with Crippen LogP contribution >= 0.6 is 11.6 Å². The van der Waals surface area contributed by atoms with E-state index in [0.717, 1.165) is 29.5 Å². The van der Waals surface area contributed by atoms with Crippen LogP contribution in [-0.4, -0.2) is 54.7 Å². The molecule has 2 amide bonds. The number of aldehydes is 1. The predicted molar refractivity (Wildman–Crippen MR) is 146 cm³/mol. The molecular formula is C30H37ClN2O5. The van der Waals surface area contributed by atoms with Gasteiger partial charge in [0.15, 0.2) is 11.5 Å². The average molecular weight is 541 g/mol. The molecule has 7 nitrogen and oxygen atoms in total. The van der Waals surface area contributed by atoms with Crippen molar-refractivity contribution in [1.82, 2.24) is 9.80 Å². The van der Waals surface area contributed by atoms with Crippen molar-refractivity contribution in [2.45, 2.75) is 64.5 Å². The lowest BCUT2D eigenvalue weighted by molar-refractivity contribution is -0.138. The molecule has 0 spiro atoms. The third-order valence-corrected chi connectivity index (χ3v) is 7.91. The molecule has 1 saturated heterocycles. The zero-order chi connectivity index (χ0) is 27.1. The Morgan fingerprint density at radius 1 is 1.08 bits per heavy atom. The maximum absolute atomic E-state index is 11.9. The molecule has 2 aliphatic rings. The monoisotopic (exact) mass is 540 g/mol. The molecule has 204 valence electrons. The molecule has 1 aliphatic heterocycles. The van der Waals surface area contributed by atoms with Gasteiger partial charge >= 0.3 is 0 Å². The lowest BCUT2D eigenvalue weighted by Crippen LogP contribution is -2.33. The fraction of sp³-hybridized carbons (Fsp3) is 0.500. The van der Waals surface area contributed by atoms with Crippen molar-refractivity contribution >= 4 is 29.7 Å². The number of halogens is 1. The lowest BCUT2D eigenvalue weighted by atomic mass is 9.97. The molecule has 2 fully saturated rings. The Morgan fingerprint density at radius 3 is 2.47 bits per heavy atom. The molecule has 1 heterocycles. The van der Waals surface area contributed by atoms with Gasteiger partial charge in [-0.3, -0.25) is 19.4 Å². The molecule has 2 aromatic carbocycles. The number of benzene rings is 2. The number of hydrogen-bond donors (Lipinski definition) is 0. The zero-order valence-corrected chi connectivity index (χ0v) is 23.0. The number of amides is 2. The Morgan fingerprint density at radius 2 is 1.82 bits per heavy atom. The highest BCUT2D eigenvalue weighted by Crippen LogP contribution is 2.36. The van der Waals surface area contributed by atoms with Crippen LogP contribution in [0.15, 0.2) is 36.4 Å². The van der Waals surface area contributed by atoms with Crippen LogP contribution in [0.1, 0.15) is 67.7 Å². The first-order valence-corrected chi connectivity index (χ1v) is 13.8. The van der Waals surface area contributed by atoms with Gasteiger partial charge in [-0.05, 0) is 60.6 Å². The highest BCUT2D eigenvalue weighted by atomic mass is 35.5. The van der Waals surface area contributed by atoms with Gasteiger partial charge in [0.25, 0.3) is 0 Å². The van der Waals surface area contributed by atoms with Gasteiger partial charge in [-0.25, -0.2) is 0 Å². The van der Waals surface area contributed by atoms with Crippen LogP contribution in [0.5, 0.6) is 11.5 Å². The predicted octanol–water partition coefficient (Wildman–Crippen LogP) is 5.51. The minimum Gasteiger partial charge on any atom is -0.493 e. The van der Waals surface area contributed by atoms with Crippen LogP contribution in [0.25, 0.3) is 0 Å². The molecule has 38 heavy (non-hydrogen) atoms. The summed E-state index contributed by atoms with van der Waals surface area (Å²) < 4.78 is 11.5. The third-order valence-electron chi connectivity index (χ3n) is 7.58. The summed E-state index contributed by atoms with van der Waals surface area (Å²) in [6.45, 7) is 3.96. The highest BCUT2D eigenvalue weighted by Gasteiger charge is 2.29. The van der Waals surface area contributed by atoms with Crippen molar-refractivity contribution in [3.05, 3.63) is 58.1 Å². The number of nitrogens with zero attached hydrogens (tertiary/aromatic N) is 2. The molecule has 8 heteroatoms. The molecule has 1 unspecified atom stereocenters. The number of rotatable bonds is 13. The van der Waals surface area contributed by atoms with E-state index in [1.54, 1.807) is 7.11 Å². The number of methoxy groups -OCH3 is 1. The van der Waals surface area contributed by atoms with Crippen LogP contribution in [-0.2, 0) is 20.9 Å². The molecule has 0 radical (unpaired) electrons. The normalized spacial score (nSPS) is 16.9. The maximum atomic E-state index is 11.9. The number of carbonyl (C=O) groups is 3. The molecule has 2 aromatic rings.